The number of carbonyl (C=O) groups is 1. The Morgan fingerprint density at radius 1 is 0.914 bits per heavy atom. The number of amides is 1. The lowest BCUT2D eigenvalue weighted by atomic mass is 10.1. The second kappa shape index (κ2) is 10.4. The van der Waals surface area contributed by atoms with Gasteiger partial charge in [-0.05, 0) is 24.1 Å². The van der Waals surface area contributed by atoms with Crippen LogP contribution in [0, 0.1) is 0 Å². The third kappa shape index (κ3) is 4.82. The average molecular weight is 470 g/mol. The Labute approximate surface area is 205 Å². The van der Waals surface area contributed by atoms with Gasteiger partial charge in [-0.15, -0.1) is 0 Å². The van der Waals surface area contributed by atoms with E-state index in [1.807, 2.05) is 35.4 Å². The summed E-state index contributed by atoms with van der Waals surface area (Å²) in [6.07, 6.45) is 4.80. The predicted octanol–water partition coefficient (Wildman–Crippen LogP) is 4.09. The number of carbonyl (C=O) groups excluding carboxylic acids is 1. The number of benzene rings is 2. The van der Waals surface area contributed by atoms with Gasteiger partial charge in [0.15, 0.2) is 5.69 Å². The molecule has 0 N–H and O–H groups in total. The van der Waals surface area contributed by atoms with Gasteiger partial charge >= 0.3 is 0 Å². The first-order valence-corrected chi connectivity index (χ1v) is 12.5. The molecule has 4 aromatic rings. The van der Waals surface area contributed by atoms with E-state index in [1.165, 1.54) is 10.2 Å². The van der Waals surface area contributed by atoms with E-state index in [-0.39, 0.29) is 11.5 Å². The number of piperazine rings is 1. The second-order valence-electron chi connectivity index (χ2n) is 9.19. The molecule has 0 spiro atoms. The van der Waals surface area contributed by atoms with Crippen LogP contribution in [0.25, 0.3) is 21.7 Å². The summed E-state index contributed by atoms with van der Waals surface area (Å²) in [5, 5.41) is 6.90. The van der Waals surface area contributed by atoms with Gasteiger partial charge in [0, 0.05) is 56.2 Å². The number of nitrogens with zero attached hydrogens (tertiary/aromatic N) is 5. The number of fused-ring (bicyclic) bond motifs is 2. The molecule has 35 heavy (non-hydrogen) atoms. The molecule has 1 aliphatic heterocycles. The van der Waals surface area contributed by atoms with Gasteiger partial charge in [-0.1, -0.05) is 62.2 Å². The lowest BCUT2D eigenvalue weighted by molar-refractivity contribution is 0.0622. The molecule has 7 nitrogen and oxygen atoms in total. The number of aryl methyl sites for hydroxylation is 1. The maximum atomic E-state index is 13.6. The standard InChI is InChI=1S/C28H31N5O2/c1-2-3-6-15-33-27(34)24-13-5-4-12-23(24)26(30-33)28(35)32-18-16-31(17-19-32)20-22-10-7-9-21-11-8-14-29-25(21)22/h4-5,7-14H,2-3,6,15-20H2,1H3. The van der Waals surface area contributed by atoms with Crippen LogP contribution in [0.1, 0.15) is 42.2 Å². The number of para-hydroxylation sites is 1. The molecule has 1 fully saturated rings. The SMILES string of the molecule is CCCCCn1nc(C(=O)N2CCN(Cc3cccc4cccnc34)CC2)c2ccccc2c1=O. The molecule has 7 heteroatoms. The van der Waals surface area contributed by atoms with E-state index in [0.29, 0.717) is 36.1 Å². The van der Waals surface area contributed by atoms with Crippen LogP contribution in [0.4, 0.5) is 0 Å². The molecule has 2 aromatic carbocycles. The highest BCUT2D eigenvalue weighted by atomic mass is 16.2. The topological polar surface area (TPSA) is 71.3 Å². The molecule has 1 saturated heterocycles. The molecular formula is C28H31N5O2. The van der Waals surface area contributed by atoms with Crippen molar-refractivity contribution in [2.24, 2.45) is 0 Å². The first-order valence-electron chi connectivity index (χ1n) is 12.5. The Bertz CT molecular complexity index is 1400. The zero-order valence-corrected chi connectivity index (χ0v) is 20.2. The van der Waals surface area contributed by atoms with Gasteiger partial charge in [0.25, 0.3) is 11.5 Å². The third-order valence-electron chi connectivity index (χ3n) is 6.81. The molecule has 1 amide bonds. The first-order chi connectivity index (χ1) is 17.2. The van der Waals surface area contributed by atoms with Crippen molar-refractivity contribution < 1.29 is 4.79 Å². The Kier molecular flexibility index (Phi) is 6.86. The molecule has 0 bridgehead atoms. The largest absolute Gasteiger partial charge is 0.335 e. The molecule has 180 valence electrons. The van der Waals surface area contributed by atoms with Gasteiger partial charge in [0.2, 0.25) is 0 Å². The zero-order chi connectivity index (χ0) is 24.2. The highest BCUT2D eigenvalue weighted by Crippen LogP contribution is 2.20. The summed E-state index contributed by atoms with van der Waals surface area (Å²) in [7, 11) is 0. The number of pyridine rings is 1. The molecular weight excluding hydrogens is 438 g/mol. The zero-order valence-electron chi connectivity index (χ0n) is 20.2. The maximum Gasteiger partial charge on any atom is 0.275 e. The Hall–Kier alpha value is -3.58. The minimum atomic E-state index is -0.123. The molecule has 0 saturated carbocycles. The van der Waals surface area contributed by atoms with Crippen molar-refractivity contribution in [2.75, 3.05) is 26.2 Å². The fourth-order valence-corrected chi connectivity index (χ4v) is 4.85. The molecule has 0 unspecified atom stereocenters. The van der Waals surface area contributed by atoms with Crippen molar-refractivity contribution in [1.29, 1.82) is 0 Å². The van der Waals surface area contributed by atoms with Gasteiger partial charge in [-0.25, -0.2) is 4.68 Å². The van der Waals surface area contributed by atoms with Crippen LogP contribution >= 0.6 is 0 Å². The third-order valence-corrected chi connectivity index (χ3v) is 6.81. The van der Waals surface area contributed by atoms with Gasteiger partial charge < -0.3 is 4.90 Å². The molecule has 1 aliphatic rings. The van der Waals surface area contributed by atoms with E-state index in [2.05, 4.69) is 46.2 Å². The molecule has 2 aromatic heterocycles. The summed E-state index contributed by atoms with van der Waals surface area (Å²) < 4.78 is 1.48. The van der Waals surface area contributed by atoms with Crippen LogP contribution in [0.2, 0.25) is 0 Å². The van der Waals surface area contributed by atoms with Crippen molar-refractivity contribution in [1.82, 2.24) is 24.6 Å². The second-order valence-corrected chi connectivity index (χ2v) is 9.19. The fraction of sp³-hybridized carbons (Fsp3) is 0.357. The van der Waals surface area contributed by atoms with Crippen LogP contribution in [0.3, 0.4) is 0 Å². The number of rotatable bonds is 7. The highest BCUT2D eigenvalue weighted by Gasteiger charge is 2.26. The highest BCUT2D eigenvalue weighted by molar-refractivity contribution is 6.04. The predicted molar refractivity (Wildman–Crippen MR) is 138 cm³/mol. The van der Waals surface area contributed by atoms with E-state index in [0.717, 1.165) is 49.8 Å². The number of hydrogen-bond acceptors (Lipinski definition) is 5. The fourth-order valence-electron chi connectivity index (χ4n) is 4.85. The van der Waals surface area contributed by atoms with Crippen molar-refractivity contribution in [3.8, 4) is 0 Å². The Morgan fingerprint density at radius 2 is 1.69 bits per heavy atom. The van der Waals surface area contributed by atoms with Crippen LogP contribution < -0.4 is 5.56 Å². The van der Waals surface area contributed by atoms with Crippen molar-refractivity contribution in [2.45, 2.75) is 39.3 Å². The lowest BCUT2D eigenvalue weighted by Crippen LogP contribution is -2.48. The van der Waals surface area contributed by atoms with E-state index in [9.17, 15) is 9.59 Å². The van der Waals surface area contributed by atoms with Crippen LogP contribution in [0.15, 0.2) is 65.6 Å². The summed E-state index contributed by atoms with van der Waals surface area (Å²) in [6.45, 7) is 6.28. The normalized spacial score (nSPS) is 14.6. The lowest BCUT2D eigenvalue weighted by Gasteiger charge is -2.34. The average Bonchev–Trinajstić information content (AvgIpc) is 2.90. The summed E-state index contributed by atoms with van der Waals surface area (Å²) in [5.74, 6) is -0.100. The van der Waals surface area contributed by atoms with Gasteiger partial charge in [0.1, 0.15) is 0 Å². The number of hydrogen-bond donors (Lipinski definition) is 0. The Morgan fingerprint density at radius 3 is 2.49 bits per heavy atom. The summed E-state index contributed by atoms with van der Waals surface area (Å²) in [4.78, 5) is 35.3. The van der Waals surface area contributed by atoms with E-state index in [4.69, 9.17) is 0 Å². The molecule has 0 atom stereocenters. The van der Waals surface area contributed by atoms with E-state index < -0.39 is 0 Å². The molecule has 0 radical (unpaired) electrons. The number of aromatic nitrogens is 3. The number of unbranched alkanes of at least 4 members (excludes halogenated alkanes) is 2. The smallest absolute Gasteiger partial charge is 0.275 e. The Balaban J connectivity index is 1.33. The minimum Gasteiger partial charge on any atom is -0.335 e. The van der Waals surface area contributed by atoms with Gasteiger partial charge in [0.05, 0.1) is 10.9 Å². The van der Waals surface area contributed by atoms with Crippen molar-refractivity contribution in [3.63, 3.8) is 0 Å². The maximum absolute atomic E-state index is 13.6. The molecule has 5 rings (SSSR count). The summed E-state index contributed by atoms with van der Waals surface area (Å²) in [6, 6.07) is 17.7. The van der Waals surface area contributed by atoms with E-state index in [1.54, 1.807) is 6.07 Å². The summed E-state index contributed by atoms with van der Waals surface area (Å²) in [5.41, 5.74) is 2.49. The first kappa shape index (κ1) is 23.2. The quantitative estimate of drug-likeness (QED) is 0.381. The van der Waals surface area contributed by atoms with Crippen LogP contribution in [-0.2, 0) is 13.1 Å². The van der Waals surface area contributed by atoms with E-state index >= 15 is 0 Å². The summed E-state index contributed by atoms with van der Waals surface area (Å²) >= 11 is 0. The molecule has 3 heterocycles. The van der Waals surface area contributed by atoms with Crippen molar-refractivity contribution in [3.05, 3.63) is 82.4 Å². The van der Waals surface area contributed by atoms with Gasteiger partial charge in [-0.3, -0.25) is 19.5 Å². The van der Waals surface area contributed by atoms with Crippen LogP contribution in [0.5, 0.6) is 0 Å². The molecule has 0 aliphatic carbocycles. The van der Waals surface area contributed by atoms with Gasteiger partial charge in [-0.2, -0.15) is 5.10 Å². The van der Waals surface area contributed by atoms with Crippen LogP contribution in [-0.4, -0.2) is 56.7 Å². The minimum absolute atomic E-state index is 0.100. The monoisotopic (exact) mass is 469 g/mol. The van der Waals surface area contributed by atoms with Crippen molar-refractivity contribution >= 4 is 27.6 Å².